The van der Waals surface area contributed by atoms with Crippen LogP contribution in [0.5, 0.6) is 5.75 Å². The maximum absolute atomic E-state index is 9.07. The summed E-state index contributed by atoms with van der Waals surface area (Å²) in [5.74, 6) is 0.913. The first-order valence-corrected chi connectivity index (χ1v) is 12.8. The normalized spacial score (nSPS) is 14.4. The number of aromatic nitrogens is 1. The molecule has 4 rings (SSSR count). The molecule has 32 heavy (non-hydrogen) atoms. The zero-order valence-corrected chi connectivity index (χ0v) is 19.9. The summed E-state index contributed by atoms with van der Waals surface area (Å²) in [7, 11) is 0. The summed E-state index contributed by atoms with van der Waals surface area (Å²) in [5, 5.41) is 10.3. The van der Waals surface area contributed by atoms with Crippen LogP contribution in [0.1, 0.15) is 39.0 Å². The van der Waals surface area contributed by atoms with E-state index in [9.17, 15) is 0 Å². The van der Waals surface area contributed by atoms with E-state index in [1.54, 1.807) is 11.5 Å². The predicted octanol–water partition coefficient (Wildman–Crippen LogP) is 5.43. The molecular formula is C26H35N3O2S. The molecule has 1 aliphatic heterocycles. The van der Waals surface area contributed by atoms with Crippen LogP contribution in [-0.2, 0) is 0 Å². The summed E-state index contributed by atoms with van der Waals surface area (Å²) in [6.45, 7) is 8.15. The number of piperidine rings is 1. The molecule has 0 aliphatic carbocycles. The Balaban J connectivity index is 1.33. The minimum atomic E-state index is 0.226. The highest BCUT2D eigenvalue weighted by Gasteiger charge is 2.13. The fraction of sp³-hybridized carbons (Fsp3) is 0.500. The van der Waals surface area contributed by atoms with Crippen molar-refractivity contribution in [3.05, 3.63) is 42.5 Å². The molecule has 6 heteroatoms. The van der Waals surface area contributed by atoms with E-state index < -0.39 is 0 Å². The molecule has 1 aromatic heterocycles. The van der Waals surface area contributed by atoms with Crippen LogP contribution in [0, 0.1) is 0 Å². The average molecular weight is 454 g/mol. The second-order valence-corrected chi connectivity index (χ2v) is 9.30. The zero-order chi connectivity index (χ0) is 22.2. The molecule has 0 unspecified atom stereocenters. The molecule has 172 valence electrons. The molecular weight excluding hydrogens is 418 g/mol. The summed E-state index contributed by atoms with van der Waals surface area (Å²) in [6.07, 6.45) is 6.03. The fourth-order valence-corrected chi connectivity index (χ4v) is 5.22. The topological polar surface area (TPSA) is 48.8 Å². The molecule has 0 bridgehead atoms. The number of aliphatic hydroxyl groups is 1. The van der Waals surface area contributed by atoms with Crippen LogP contribution in [0.2, 0.25) is 0 Å². The second-order valence-electron chi connectivity index (χ2n) is 8.50. The van der Waals surface area contributed by atoms with Crippen molar-refractivity contribution < 1.29 is 9.84 Å². The van der Waals surface area contributed by atoms with Gasteiger partial charge < -0.3 is 19.6 Å². The lowest BCUT2D eigenvalue weighted by atomic mass is 10.1. The van der Waals surface area contributed by atoms with Crippen LogP contribution in [0.15, 0.2) is 42.5 Å². The largest absolute Gasteiger partial charge is 0.494 e. The lowest BCUT2D eigenvalue weighted by Gasteiger charge is -2.28. The SMILES string of the molecule is CCN(CCO)CCCCOc1ccc2c(-c3ccc(N4CCCCC4)cc3)nsc2c1. The Hall–Kier alpha value is -2.15. The van der Waals surface area contributed by atoms with E-state index in [1.165, 1.54) is 49.0 Å². The molecule has 0 amide bonds. The first-order valence-electron chi connectivity index (χ1n) is 12.0. The number of nitrogens with zero attached hydrogens (tertiary/aromatic N) is 3. The highest BCUT2D eigenvalue weighted by Crippen LogP contribution is 2.34. The molecule has 1 fully saturated rings. The Bertz CT molecular complexity index is 967. The van der Waals surface area contributed by atoms with Gasteiger partial charge in [-0.25, -0.2) is 0 Å². The molecule has 0 spiro atoms. The maximum atomic E-state index is 9.07. The number of anilines is 1. The van der Waals surface area contributed by atoms with Gasteiger partial charge in [0.15, 0.2) is 0 Å². The van der Waals surface area contributed by atoms with Crippen LogP contribution < -0.4 is 9.64 Å². The molecule has 2 heterocycles. The summed E-state index contributed by atoms with van der Waals surface area (Å²) in [4.78, 5) is 4.76. The number of unbranched alkanes of at least 4 members (excludes halogenated alkanes) is 1. The van der Waals surface area contributed by atoms with Crippen molar-refractivity contribution in [3.63, 3.8) is 0 Å². The molecule has 1 aliphatic rings. The van der Waals surface area contributed by atoms with Gasteiger partial charge in [0.1, 0.15) is 5.75 Å². The van der Waals surface area contributed by atoms with E-state index in [4.69, 9.17) is 14.2 Å². The number of hydrogen-bond donors (Lipinski definition) is 1. The van der Waals surface area contributed by atoms with Gasteiger partial charge in [0.05, 0.1) is 23.6 Å². The Kier molecular flexibility index (Phi) is 8.37. The summed E-state index contributed by atoms with van der Waals surface area (Å²) in [5.41, 5.74) is 3.56. The lowest BCUT2D eigenvalue weighted by molar-refractivity contribution is 0.195. The zero-order valence-electron chi connectivity index (χ0n) is 19.1. The van der Waals surface area contributed by atoms with Crippen molar-refractivity contribution in [2.24, 2.45) is 0 Å². The van der Waals surface area contributed by atoms with Gasteiger partial charge in [-0.1, -0.05) is 19.1 Å². The number of aliphatic hydroxyl groups excluding tert-OH is 1. The number of benzene rings is 2. The maximum Gasteiger partial charge on any atom is 0.120 e. The fourth-order valence-electron chi connectivity index (χ4n) is 4.39. The second kappa shape index (κ2) is 11.6. The number of hydrogen-bond acceptors (Lipinski definition) is 6. The highest BCUT2D eigenvalue weighted by atomic mass is 32.1. The number of fused-ring (bicyclic) bond motifs is 1. The van der Waals surface area contributed by atoms with Gasteiger partial charge in [0.2, 0.25) is 0 Å². The first kappa shape index (κ1) is 23.0. The molecule has 0 atom stereocenters. The van der Waals surface area contributed by atoms with Crippen LogP contribution in [0.25, 0.3) is 21.3 Å². The van der Waals surface area contributed by atoms with Gasteiger partial charge >= 0.3 is 0 Å². The Morgan fingerprint density at radius 2 is 1.84 bits per heavy atom. The molecule has 0 saturated carbocycles. The van der Waals surface area contributed by atoms with E-state index in [2.05, 4.69) is 59.2 Å². The summed E-state index contributed by atoms with van der Waals surface area (Å²) < 4.78 is 11.9. The minimum Gasteiger partial charge on any atom is -0.494 e. The lowest BCUT2D eigenvalue weighted by Crippen LogP contribution is -2.29. The van der Waals surface area contributed by atoms with Crippen LogP contribution in [0.4, 0.5) is 5.69 Å². The Morgan fingerprint density at radius 1 is 1.03 bits per heavy atom. The van der Waals surface area contributed by atoms with Crippen LogP contribution in [0.3, 0.4) is 0 Å². The van der Waals surface area contributed by atoms with E-state index >= 15 is 0 Å². The van der Waals surface area contributed by atoms with Crippen LogP contribution in [-0.4, -0.2) is 60.3 Å². The van der Waals surface area contributed by atoms with Gasteiger partial charge in [-0.2, -0.15) is 4.37 Å². The van der Waals surface area contributed by atoms with Crippen molar-refractivity contribution in [2.75, 3.05) is 50.8 Å². The molecule has 0 radical (unpaired) electrons. The monoisotopic (exact) mass is 453 g/mol. The first-order chi connectivity index (χ1) is 15.8. The molecule has 3 aromatic rings. The third-order valence-electron chi connectivity index (χ3n) is 6.31. The summed E-state index contributed by atoms with van der Waals surface area (Å²) >= 11 is 1.54. The van der Waals surface area contributed by atoms with E-state index in [1.807, 2.05) is 0 Å². The van der Waals surface area contributed by atoms with Gasteiger partial charge in [0.25, 0.3) is 0 Å². The highest BCUT2D eigenvalue weighted by molar-refractivity contribution is 7.13. The quantitative estimate of drug-likeness (QED) is 0.393. The van der Waals surface area contributed by atoms with Crippen molar-refractivity contribution in [3.8, 4) is 17.0 Å². The van der Waals surface area contributed by atoms with Gasteiger partial charge in [0, 0.05) is 36.3 Å². The van der Waals surface area contributed by atoms with E-state index in [-0.39, 0.29) is 6.61 Å². The Morgan fingerprint density at radius 3 is 2.59 bits per heavy atom. The number of rotatable bonds is 11. The van der Waals surface area contributed by atoms with Crippen molar-refractivity contribution in [1.82, 2.24) is 9.27 Å². The molecule has 2 aromatic carbocycles. The van der Waals surface area contributed by atoms with Gasteiger partial charge in [-0.15, -0.1) is 0 Å². The van der Waals surface area contributed by atoms with Crippen LogP contribution >= 0.6 is 11.5 Å². The van der Waals surface area contributed by atoms with Crippen molar-refractivity contribution in [1.29, 1.82) is 0 Å². The van der Waals surface area contributed by atoms with Gasteiger partial charge in [-0.3, -0.25) is 0 Å². The van der Waals surface area contributed by atoms with E-state index in [0.29, 0.717) is 6.61 Å². The third-order valence-corrected chi connectivity index (χ3v) is 7.11. The average Bonchev–Trinajstić information content (AvgIpc) is 3.27. The van der Waals surface area contributed by atoms with E-state index in [0.717, 1.165) is 48.6 Å². The predicted molar refractivity (Wildman–Crippen MR) is 135 cm³/mol. The number of ether oxygens (including phenoxy) is 1. The smallest absolute Gasteiger partial charge is 0.120 e. The van der Waals surface area contributed by atoms with Crippen molar-refractivity contribution in [2.45, 2.75) is 39.0 Å². The van der Waals surface area contributed by atoms with Crippen molar-refractivity contribution >= 4 is 27.3 Å². The molecule has 5 nitrogen and oxygen atoms in total. The van der Waals surface area contributed by atoms with Gasteiger partial charge in [-0.05, 0) is 87.1 Å². The third kappa shape index (κ3) is 5.80. The minimum absolute atomic E-state index is 0.226. The molecule has 1 saturated heterocycles. The standard InChI is InChI=1S/C26H35N3O2S/c1-2-28(17-18-30)14-6-7-19-31-23-12-13-24-25(20-23)32-27-26(24)21-8-10-22(11-9-21)29-15-4-3-5-16-29/h8-13,20,30H,2-7,14-19H2,1H3. The molecule has 1 N–H and O–H groups in total. The number of likely N-dealkylation sites (N-methyl/N-ethyl adjacent to an activating group) is 1. The Labute approximate surface area is 195 Å². The summed E-state index contributed by atoms with van der Waals surface area (Å²) in [6, 6.07) is 15.2.